The first kappa shape index (κ1) is 77.4. The van der Waals surface area contributed by atoms with Crippen LogP contribution in [0, 0.1) is 72.4 Å². The van der Waals surface area contributed by atoms with Gasteiger partial charge in [-0.1, -0.05) is 186 Å². The van der Waals surface area contributed by atoms with E-state index in [2.05, 4.69) is 73.5 Å². The topological polar surface area (TPSA) is 231 Å². The number of nitrogen functional groups attached to an aromatic ring is 1. The number of aromatic hydroxyl groups is 1. The number of nitrogens with two attached hydrogens (primary N) is 2. The van der Waals surface area contributed by atoms with Crippen LogP contribution in [0.5, 0.6) is 5.75 Å². The minimum Gasteiger partial charge on any atom is -0.508 e. The number of carboxylic acids is 1. The van der Waals surface area contributed by atoms with Crippen molar-refractivity contribution in [2.45, 2.75) is 105 Å². The maximum atomic E-state index is 11.3. The second-order valence-electron chi connectivity index (χ2n) is 20.7. The Morgan fingerprint density at radius 2 is 0.932 bits per heavy atom. The molecule has 15 heteroatoms. The van der Waals surface area contributed by atoms with E-state index in [1.807, 2.05) is 190 Å². The van der Waals surface area contributed by atoms with Gasteiger partial charge in [-0.3, -0.25) is 14.9 Å². The van der Waals surface area contributed by atoms with E-state index in [9.17, 15) is 23.3 Å². The van der Waals surface area contributed by atoms with Crippen LogP contribution in [0.2, 0.25) is 0 Å². The van der Waals surface area contributed by atoms with Gasteiger partial charge in [-0.2, -0.15) is 0 Å². The van der Waals surface area contributed by atoms with Crippen LogP contribution in [0.15, 0.2) is 228 Å². The molecule has 0 aliphatic rings. The summed E-state index contributed by atoms with van der Waals surface area (Å²) in [4.78, 5) is 24.1. The number of carbonyl (C=O) groups is 1. The van der Waals surface area contributed by atoms with Crippen LogP contribution in [0.3, 0.4) is 0 Å². The number of nitrogens with zero attached hydrogens (tertiary/aromatic N) is 2. The first-order valence-electron chi connectivity index (χ1n) is 28.4. The molecule has 9 aromatic carbocycles. The molecule has 0 aliphatic heterocycles. The van der Waals surface area contributed by atoms with Crippen molar-refractivity contribution in [1.29, 1.82) is 0 Å². The number of aliphatic carboxylic acids is 1. The summed E-state index contributed by atoms with van der Waals surface area (Å²) < 4.78 is 22.6. The third kappa shape index (κ3) is 35.8. The summed E-state index contributed by atoms with van der Waals surface area (Å²) in [5.74, 6) is -0.457. The molecule has 88 heavy (non-hydrogen) atoms. The van der Waals surface area contributed by atoms with Crippen molar-refractivity contribution in [3.63, 3.8) is 0 Å². The quantitative estimate of drug-likeness (QED) is 0.0324. The molecule has 9 aromatic rings. The summed E-state index contributed by atoms with van der Waals surface area (Å²) >= 11 is 1.78. The number of phenolic OH excluding ortho intramolecular Hbond substituents is 1. The van der Waals surface area contributed by atoms with Gasteiger partial charge in [0.25, 0.3) is 5.69 Å². The molecule has 1 atom stereocenters. The zero-order valence-corrected chi connectivity index (χ0v) is 55.0. The number of thioether (sulfide) groups is 1. The highest BCUT2D eigenvalue weighted by Gasteiger charge is 2.12. The number of anilines is 2. The van der Waals surface area contributed by atoms with Crippen molar-refractivity contribution in [3.8, 4) is 5.75 Å². The van der Waals surface area contributed by atoms with E-state index in [1.165, 1.54) is 44.5 Å². The van der Waals surface area contributed by atoms with Gasteiger partial charge in [0, 0.05) is 42.5 Å². The molecule has 0 heterocycles. The Balaban J connectivity index is 0.000000497. The Labute approximate surface area is 528 Å². The standard InChI is InChI=1S/C10H13NO2.C9H13N.C9H12O2S.2C8H10O.C8H10S.C7H7NO2.C7H9N.C7H8O/c1-7-2-4-8(5-3-7)6-9(11)10(12)13;1-8-4-6-9(7-5-8)10(2)3;1-3-12(10,11)9-6-4-8(2)5-7-9;1-7-2-4-8(6-9)5-3-7;1-7-3-2-4-8(5-7)6-9;1-7-3-5-8(9-2)6-4-7;1-6-3-2-4-7(5-6)8(9)10;2*1-6-3-2-4-7(8)5-6/h2-5,9H,6,11H2,1H3,(H,12,13);4-7H,1-3H3;4-7H,3H2,1-2H3;2*2-5,9H,6H2,1H3;3-6H,1-2H3;2-5H,1H3;2-5H,8H2,1H3;2-5,8H,1H3. The number of benzene rings is 9. The number of sulfone groups is 1. The van der Waals surface area contributed by atoms with E-state index < -0.39 is 26.8 Å². The van der Waals surface area contributed by atoms with Gasteiger partial charge in [0.2, 0.25) is 0 Å². The maximum absolute atomic E-state index is 11.3. The predicted molar refractivity (Wildman–Crippen MR) is 368 cm³/mol. The fraction of sp³-hybridized carbons (Fsp3) is 0.247. The van der Waals surface area contributed by atoms with E-state index in [0.29, 0.717) is 17.1 Å². The van der Waals surface area contributed by atoms with Crippen LogP contribution in [-0.2, 0) is 34.3 Å². The molecular weight excluding hydrogens is 1140 g/mol. The Morgan fingerprint density at radius 1 is 0.534 bits per heavy atom. The summed E-state index contributed by atoms with van der Waals surface area (Å²) in [5, 5.41) is 44.8. The first-order chi connectivity index (χ1) is 41.6. The van der Waals surface area contributed by atoms with Crippen molar-refractivity contribution >= 4 is 44.6 Å². The number of carboxylic acid groups (broad SMARTS) is 1. The average Bonchev–Trinajstić information content (AvgIpc) is 3.56. The van der Waals surface area contributed by atoms with Gasteiger partial charge in [-0.25, -0.2) is 8.42 Å². The number of nitro benzene ring substituents is 1. The highest BCUT2D eigenvalue weighted by Crippen LogP contribution is 2.16. The molecule has 0 saturated heterocycles. The second kappa shape index (κ2) is 43.1. The highest BCUT2D eigenvalue weighted by molar-refractivity contribution is 7.98. The minimum atomic E-state index is -3.01. The van der Waals surface area contributed by atoms with Crippen LogP contribution in [0.4, 0.5) is 17.1 Å². The number of aryl methyl sites for hydroxylation is 9. The molecule has 0 aromatic heterocycles. The Bertz CT molecular complexity index is 3370. The number of nitro groups is 1. The first-order valence-corrected chi connectivity index (χ1v) is 31.3. The lowest BCUT2D eigenvalue weighted by molar-refractivity contribution is -0.384. The number of phenols is 1. The van der Waals surface area contributed by atoms with Gasteiger partial charge in [-0.15, -0.1) is 11.8 Å². The van der Waals surface area contributed by atoms with Crippen molar-refractivity contribution in [2.75, 3.05) is 36.7 Å². The zero-order valence-electron chi connectivity index (χ0n) is 53.4. The number of non-ortho nitro benzene ring substituents is 1. The fourth-order valence-corrected chi connectivity index (χ4v) is 8.33. The Morgan fingerprint density at radius 3 is 1.26 bits per heavy atom. The van der Waals surface area contributed by atoms with E-state index in [-0.39, 0.29) is 24.7 Å². The van der Waals surface area contributed by atoms with Crippen molar-refractivity contribution in [1.82, 2.24) is 0 Å². The third-order valence-electron chi connectivity index (χ3n) is 12.3. The van der Waals surface area contributed by atoms with Crippen molar-refractivity contribution < 1.29 is 38.6 Å². The number of rotatable bonds is 10. The molecule has 13 nitrogen and oxygen atoms in total. The van der Waals surface area contributed by atoms with Crippen LogP contribution in [0.1, 0.15) is 73.7 Å². The summed E-state index contributed by atoms with van der Waals surface area (Å²) in [6.07, 6.45) is 2.47. The summed E-state index contributed by atoms with van der Waals surface area (Å²) in [7, 11) is 1.08. The lowest BCUT2D eigenvalue weighted by Crippen LogP contribution is -2.32. The SMILES string of the molecule is CCS(=O)(=O)c1ccc(C)cc1.CSc1ccc(C)cc1.Cc1ccc(CC(N)C(=O)O)cc1.Cc1ccc(CO)cc1.Cc1ccc(N(C)C)cc1.Cc1cccc(CO)c1.Cc1cccc(N)c1.Cc1cccc(O)c1.Cc1cccc([N+](=O)[O-])c1. The van der Waals surface area contributed by atoms with Crippen molar-refractivity contribution in [3.05, 3.63) is 295 Å². The fourth-order valence-electron chi connectivity index (χ4n) is 7.04. The number of aliphatic hydroxyl groups excluding tert-OH is 2. The monoisotopic (exact) mass is 1230 g/mol. The average molecular weight is 1230 g/mol. The third-order valence-corrected chi connectivity index (χ3v) is 14.8. The number of aliphatic hydroxyl groups is 2. The zero-order chi connectivity index (χ0) is 66.2. The van der Waals surface area contributed by atoms with Gasteiger partial charge in [0.15, 0.2) is 9.84 Å². The number of hydrogen-bond acceptors (Lipinski definition) is 12. The van der Waals surface area contributed by atoms with Crippen LogP contribution >= 0.6 is 11.8 Å². The molecular formula is C73H92N4O9S2. The Kier molecular flexibility index (Phi) is 37.9. The van der Waals surface area contributed by atoms with Gasteiger partial charge >= 0.3 is 5.97 Å². The van der Waals surface area contributed by atoms with Crippen LogP contribution < -0.4 is 16.4 Å². The molecule has 0 aliphatic carbocycles. The molecule has 8 N–H and O–H groups in total. The van der Waals surface area contributed by atoms with E-state index >= 15 is 0 Å². The molecule has 0 radical (unpaired) electrons. The van der Waals surface area contributed by atoms with E-state index in [1.54, 1.807) is 55.1 Å². The minimum absolute atomic E-state index is 0.139. The van der Waals surface area contributed by atoms with Gasteiger partial charge in [0.05, 0.1) is 28.8 Å². The highest BCUT2D eigenvalue weighted by atomic mass is 32.2. The molecule has 0 amide bonds. The van der Waals surface area contributed by atoms with Gasteiger partial charge < -0.3 is 36.8 Å². The van der Waals surface area contributed by atoms with Crippen LogP contribution in [0.25, 0.3) is 0 Å². The molecule has 470 valence electrons. The summed E-state index contributed by atoms with van der Waals surface area (Å²) in [5.41, 5.74) is 26.5. The largest absolute Gasteiger partial charge is 0.508 e. The number of hydrogen-bond donors (Lipinski definition) is 6. The van der Waals surface area contributed by atoms with E-state index in [4.69, 9.17) is 31.9 Å². The Hall–Kier alpha value is -8.57. The summed E-state index contributed by atoms with van der Waals surface area (Å²) in [6.45, 7) is 19.9. The second-order valence-corrected chi connectivity index (χ2v) is 23.9. The molecule has 9 rings (SSSR count). The van der Waals surface area contributed by atoms with E-state index in [0.717, 1.165) is 44.6 Å². The van der Waals surface area contributed by atoms with Gasteiger partial charge in [0.1, 0.15) is 11.8 Å². The lowest BCUT2D eigenvalue weighted by atomic mass is 10.1. The van der Waals surface area contributed by atoms with Gasteiger partial charge in [-0.05, 0) is 169 Å². The maximum Gasteiger partial charge on any atom is 0.320 e. The predicted octanol–water partition coefficient (Wildman–Crippen LogP) is 15.7. The molecule has 0 bridgehead atoms. The smallest absolute Gasteiger partial charge is 0.320 e. The normalized spacial score (nSPS) is 10.1. The van der Waals surface area contributed by atoms with Crippen molar-refractivity contribution in [2.24, 2.45) is 5.73 Å². The molecule has 0 saturated carbocycles. The molecule has 0 fully saturated rings. The molecule has 1 unspecified atom stereocenters. The van der Waals surface area contributed by atoms with Crippen LogP contribution in [-0.4, -0.2) is 71.9 Å². The lowest BCUT2D eigenvalue weighted by Gasteiger charge is -2.11. The summed E-state index contributed by atoms with van der Waals surface area (Å²) in [6, 6.07) is 68.0. The molecule has 0 spiro atoms.